The fourth-order valence-electron chi connectivity index (χ4n) is 4.73. The molecule has 1 aliphatic rings. The summed E-state index contributed by atoms with van der Waals surface area (Å²) < 4.78 is 35.1. The first-order valence-electron chi connectivity index (χ1n) is 12.1. The molecule has 8 nitrogen and oxygen atoms in total. The molecule has 1 N–H and O–H groups in total. The van der Waals surface area contributed by atoms with Gasteiger partial charge in [0.1, 0.15) is 24.0 Å². The van der Waals surface area contributed by atoms with Gasteiger partial charge in [-0.15, -0.1) is 11.3 Å². The van der Waals surface area contributed by atoms with Crippen LogP contribution < -0.4 is 10.1 Å². The molecule has 0 saturated carbocycles. The van der Waals surface area contributed by atoms with Crippen LogP contribution in [0.2, 0.25) is 0 Å². The molecule has 0 spiro atoms. The Balaban J connectivity index is 1.37. The number of nitrogens with zero attached hydrogens (tertiary/aromatic N) is 6. The van der Waals surface area contributed by atoms with Crippen LogP contribution in [0.25, 0.3) is 32.2 Å². The SMILES string of the molecule is Cn1cc(-c2cc(OC3CCN(CC(F)F)CC3)c3c(Nc4ccc5ncsc5c4)ncnc3c2)cn1. The van der Waals surface area contributed by atoms with Crippen LogP contribution in [0.4, 0.5) is 20.3 Å². The number of thiazole rings is 1. The summed E-state index contributed by atoms with van der Waals surface area (Å²) >= 11 is 1.58. The van der Waals surface area contributed by atoms with Crippen LogP contribution in [-0.2, 0) is 7.05 Å². The number of alkyl halides is 2. The zero-order valence-corrected chi connectivity index (χ0v) is 21.0. The number of hydrogen-bond acceptors (Lipinski definition) is 8. The largest absolute Gasteiger partial charge is 0.489 e. The van der Waals surface area contributed by atoms with E-state index in [1.807, 2.05) is 49.1 Å². The van der Waals surface area contributed by atoms with Crippen LogP contribution in [0.15, 0.2) is 54.6 Å². The molecule has 4 heterocycles. The van der Waals surface area contributed by atoms with E-state index in [1.54, 1.807) is 27.1 Å². The molecule has 0 aliphatic carbocycles. The van der Waals surface area contributed by atoms with E-state index in [4.69, 9.17) is 4.74 Å². The Kier molecular flexibility index (Phi) is 6.39. The van der Waals surface area contributed by atoms with Crippen molar-refractivity contribution >= 4 is 44.0 Å². The van der Waals surface area contributed by atoms with Crippen LogP contribution in [0.3, 0.4) is 0 Å². The van der Waals surface area contributed by atoms with E-state index in [-0.39, 0.29) is 12.6 Å². The smallest absolute Gasteiger partial charge is 0.251 e. The van der Waals surface area contributed by atoms with E-state index >= 15 is 0 Å². The monoisotopic (exact) mass is 521 g/mol. The second-order valence-electron chi connectivity index (χ2n) is 9.16. The van der Waals surface area contributed by atoms with Crippen molar-refractivity contribution in [3.63, 3.8) is 0 Å². The lowest BCUT2D eigenvalue weighted by atomic mass is 10.0. The average molecular weight is 522 g/mol. The fourth-order valence-corrected chi connectivity index (χ4v) is 5.45. The number of aryl methyl sites for hydroxylation is 1. The molecular weight excluding hydrogens is 496 g/mol. The Morgan fingerprint density at radius 1 is 1.08 bits per heavy atom. The maximum absolute atomic E-state index is 12.8. The highest BCUT2D eigenvalue weighted by Crippen LogP contribution is 2.38. The number of halogens is 2. The molecule has 0 amide bonds. The lowest BCUT2D eigenvalue weighted by molar-refractivity contribution is 0.0483. The summed E-state index contributed by atoms with van der Waals surface area (Å²) in [4.78, 5) is 15.3. The Morgan fingerprint density at radius 2 is 1.95 bits per heavy atom. The number of ether oxygens (including phenoxy) is 1. The van der Waals surface area contributed by atoms with Crippen LogP contribution in [-0.4, -0.2) is 61.8 Å². The highest BCUT2D eigenvalue weighted by atomic mass is 32.1. The van der Waals surface area contributed by atoms with Crippen molar-refractivity contribution < 1.29 is 13.5 Å². The standard InChI is InChI=1S/C26H25F2N7OS/c1-34-12-17(11-32-34)16-8-21-25(22(9-16)36-19-4-6-35(7-5-19)13-24(27)28)26(30-14-29-21)33-18-2-3-20-23(10-18)37-15-31-20/h2-3,8-12,14-15,19,24H,4-7,13H2,1H3,(H,29,30,33). The Bertz CT molecular complexity index is 1540. The number of aromatic nitrogens is 5. The van der Waals surface area contributed by atoms with Crippen molar-refractivity contribution in [3.8, 4) is 16.9 Å². The minimum Gasteiger partial charge on any atom is -0.489 e. The highest BCUT2D eigenvalue weighted by molar-refractivity contribution is 7.16. The minimum absolute atomic E-state index is 0.0946. The van der Waals surface area contributed by atoms with Gasteiger partial charge in [0, 0.05) is 37.6 Å². The van der Waals surface area contributed by atoms with Crippen molar-refractivity contribution in [2.75, 3.05) is 25.0 Å². The molecule has 0 bridgehead atoms. The van der Waals surface area contributed by atoms with Gasteiger partial charge in [0.05, 0.1) is 39.4 Å². The number of hydrogen-bond donors (Lipinski definition) is 1. The number of fused-ring (bicyclic) bond motifs is 2. The molecule has 0 atom stereocenters. The Hall–Kier alpha value is -3.70. The Morgan fingerprint density at radius 3 is 2.73 bits per heavy atom. The summed E-state index contributed by atoms with van der Waals surface area (Å²) in [6.45, 7) is 0.954. The second-order valence-corrected chi connectivity index (χ2v) is 10.0. The van der Waals surface area contributed by atoms with Crippen LogP contribution >= 0.6 is 11.3 Å². The van der Waals surface area contributed by atoms with E-state index in [0.29, 0.717) is 37.5 Å². The molecule has 0 radical (unpaired) electrons. The molecular formula is C26H25F2N7OS. The summed E-state index contributed by atoms with van der Waals surface area (Å²) in [5.41, 5.74) is 6.28. The summed E-state index contributed by atoms with van der Waals surface area (Å²) in [6, 6.07) is 9.99. The molecule has 6 rings (SSSR count). The van der Waals surface area contributed by atoms with Crippen LogP contribution in [0, 0.1) is 0 Å². The van der Waals surface area contributed by atoms with Gasteiger partial charge in [-0.3, -0.25) is 9.58 Å². The van der Waals surface area contributed by atoms with E-state index in [0.717, 1.165) is 37.9 Å². The predicted octanol–water partition coefficient (Wildman–Crippen LogP) is 5.49. The first-order valence-corrected chi connectivity index (χ1v) is 12.9. The Labute approximate surface area is 215 Å². The maximum Gasteiger partial charge on any atom is 0.251 e. The predicted molar refractivity (Wildman–Crippen MR) is 141 cm³/mol. The first-order chi connectivity index (χ1) is 18.0. The van der Waals surface area contributed by atoms with E-state index in [9.17, 15) is 8.78 Å². The summed E-state index contributed by atoms with van der Waals surface area (Å²) in [5, 5.41) is 8.51. The molecule has 2 aromatic carbocycles. The molecule has 0 unspecified atom stereocenters. The lowest BCUT2D eigenvalue weighted by Crippen LogP contribution is -2.40. The summed E-state index contributed by atoms with van der Waals surface area (Å²) in [7, 11) is 1.87. The molecule has 11 heteroatoms. The highest BCUT2D eigenvalue weighted by Gasteiger charge is 2.24. The average Bonchev–Trinajstić information content (AvgIpc) is 3.53. The van der Waals surface area contributed by atoms with Crippen molar-refractivity contribution in [1.82, 2.24) is 29.6 Å². The van der Waals surface area contributed by atoms with Gasteiger partial charge in [-0.25, -0.2) is 23.7 Å². The van der Waals surface area contributed by atoms with Crippen molar-refractivity contribution in [3.05, 3.63) is 54.6 Å². The van der Waals surface area contributed by atoms with Gasteiger partial charge in [0.25, 0.3) is 6.43 Å². The normalized spacial score (nSPS) is 15.1. The zero-order valence-electron chi connectivity index (χ0n) is 20.1. The fraction of sp³-hybridized carbons (Fsp3) is 0.308. The van der Waals surface area contributed by atoms with Gasteiger partial charge in [-0.1, -0.05) is 0 Å². The topological polar surface area (TPSA) is 81.0 Å². The van der Waals surface area contributed by atoms with Gasteiger partial charge in [-0.2, -0.15) is 5.10 Å². The van der Waals surface area contributed by atoms with Crippen LogP contribution in [0.1, 0.15) is 12.8 Å². The molecule has 5 aromatic rings. The second kappa shape index (κ2) is 9.98. The van der Waals surface area contributed by atoms with Gasteiger partial charge in [-0.05, 0) is 48.7 Å². The van der Waals surface area contributed by atoms with E-state index in [2.05, 4.69) is 25.4 Å². The van der Waals surface area contributed by atoms with Gasteiger partial charge in [0.15, 0.2) is 0 Å². The van der Waals surface area contributed by atoms with E-state index < -0.39 is 6.43 Å². The third kappa shape index (κ3) is 5.09. The van der Waals surface area contributed by atoms with Gasteiger partial charge >= 0.3 is 0 Å². The first kappa shape index (κ1) is 23.7. The van der Waals surface area contributed by atoms with E-state index in [1.165, 1.54) is 6.33 Å². The molecule has 1 aliphatic heterocycles. The van der Waals surface area contributed by atoms with Crippen molar-refractivity contribution in [2.45, 2.75) is 25.4 Å². The third-order valence-corrected chi connectivity index (χ3v) is 7.35. The number of benzene rings is 2. The number of nitrogens with one attached hydrogen (secondary N) is 1. The van der Waals surface area contributed by atoms with Crippen molar-refractivity contribution in [1.29, 1.82) is 0 Å². The van der Waals surface area contributed by atoms with Gasteiger partial charge < -0.3 is 10.1 Å². The molecule has 37 heavy (non-hydrogen) atoms. The molecule has 3 aromatic heterocycles. The number of piperidine rings is 1. The summed E-state index contributed by atoms with van der Waals surface area (Å²) in [6.07, 6.45) is 4.20. The number of anilines is 2. The number of likely N-dealkylation sites (tertiary alicyclic amines) is 1. The number of rotatable bonds is 7. The quantitative estimate of drug-likeness (QED) is 0.303. The van der Waals surface area contributed by atoms with Crippen molar-refractivity contribution in [2.24, 2.45) is 7.05 Å². The zero-order chi connectivity index (χ0) is 25.4. The summed E-state index contributed by atoms with van der Waals surface area (Å²) in [5.74, 6) is 1.29. The molecule has 1 fully saturated rings. The third-order valence-electron chi connectivity index (χ3n) is 6.56. The van der Waals surface area contributed by atoms with Crippen LogP contribution in [0.5, 0.6) is 5.75 Å². The van der Waals surface area contributed by atoms with Gasteiger partial charge in [0.2, 0.25) is 0 Å². The molecule has 1 saturated heterocycles. The minimum atomic E-state index is -2.33. The lowest BCUT2D eigenvalue weighted by Gasteiger charge is -2.32. The molecule has 190 valence electrons. The maximum atomic E-state index is 12.8.